The number of allylic oxidation sites excluding steroid dienone is 4. The van der Waals surface area contributed by atoms with Gasteiger partial charge in [-0.15, -0.1) is 11.3 Å². The van der Waals surface area contributed by atoms with Gasteiger partial charge in [0, 0.05) is 28.9 Å². The molecule has 9 atom stereocenters. The zero-order chi connectivity index (χ0) is 31.0. The maximum atomic E-state index is 17.5. The number of sulfone groups is 1. The number of carbonyl (C=O) groups excluding carboxylic acids is 3. The van der Waals surface area contributed by atoms with Gasteiger partial charge in [0.05, 0.1) is 17.9 Å². The Morgan fingerprint density at radius 1 is 1.26 bits per heavy atom. The van der Waals surface area contributed by atoms with Crippen LogP contribution >= 0.6 is 23.1 Å². The van der Waals surface area contributed by atoms with Crippen molar-refractivity contribution in [1.29, 1.82) is 5.26 Å². The van der Waals surface area contributed by atoms with Crippen LogP contribution < -0.4 is 0 Å². The molecule has 0 saturated heterocycles. The summed E-state index contributed by atoms with van der Waals surface area (Å²) in [6, 6.07) is 4.43. The number of hydrogen-bond donors (Lipinski definition) is 1. The van der Waals surface area contributed by atoms with E-state index in [1.54, 1.807) is 13.8 Å². The Bertz CT molecular complexity index is 1580. The Labute approximate surface area is 251 Å². The molecule has 1 aromatic rings. The Hall–Kier alpha value is -2.40. The first-order valence-corrected chi connectivity index (χ1v) is 17.2. The summed E-state index contributed by atoms with van der Waals surface area (Å²) in [5.74, 6) is -4.21. The molecule has 5 rings (SSSR count). The average molecular weight is 640 g/mol. The van der Waals surface area contributed by atoms with Crippen molar-refractivity contribution in [3.8, 4) is 6.07 Å². The molecular weight excluding hydrogens is 609 g/mol. The lowest BCUT2D eigenvalue weighted by Crippen LogP contribution is -2.70. The van der Waals surface area contributed by atoms with E-state index in [2.05, 4.69) is 0 Å². The number of aliphatic hydroxyl groups is 1. The molecule has 1 N–H and O–H groups in total. The minimum atomic E-state index is -3.62. The van der Waals surface area contributed by atoms with Gasteiger partial charge in [-0.3, -0.25) is 9.59 Å². The SMILES string of the molecule is C[C@@H]1C[C@H]2[C@@H]3C[C@H](F)C4=CC(=O)C=C[C@]4(C)[C@@]3(F)[C@@H](O)C[C@]2(C)[C@@]1(OC(=O)c1ccc(S(C)(=O)=O)s1)C(=O)SCC#N. The van der Waals surface area contributed by atoms with Gasteiger partial charge < -0.3 is 9.84 Å². The van der Waals surface area contributed by atoms with Crippen LogP contribution in [0.15, 0.2) is 40.1 Å². The predicted molar refractivity (Wildman–Crippen MR) is 152 cm³/mol. The summed E-state index contributed by atoms with van der Waals surface area (Å²) >= 11 is 1.33. The molecule has 226 valence electrons. The molecule has 42 heavy (non-hydrogen) atoms. The summed E-state index contributed by atoms with van der Waals surface area (Å²) in [5, 5.41) is 20.2. The van der Waals surface area contributed by atoms with Crippen LogP contribution in [0.1, 0.15) is 49.7 Å². The summed E-state index contributed by atoms with van der Waals surface area (Å²) < 4.78 is 63.4. The number of fused-ring (bicyclic) bond motifs is 5. The molecule has 8 nitrogen and oxygen atoms in total. The van der Waals surface area contributed by atoms with Crippen LogP contribution in [0.25, 0.3) is 0 Å². The Morgan fingerprint density at radius 2 is 1.95 bits per heavy atom. The fourth-order valence-electron chi connectivity index (χ4n) is 8.25. The molecule has 0 aliphatic heterocycles. The molecule has 4 aliphatic carbocycles. The second kappa shape index (κ2) is 10.1. The van der Waals surface area contributed by atoms with E-state index in [4.69, 9.17) is 4.74 Å². The molecule has 3 fully saturated rings. The summed E-state index contributed by atoms with van der Waals surface area (Å²) in [6.07, 6.45) is 0.701. The van der Waals surface area contributed by atoms with Crippen LogP contribution in [0.4, 0.5) is 8.78 Å². The van der Waals surface area contributed by atoms with E-state index >= 15 is 8.78 Å². The van der Waals surface area contributed by atoms with Crippen LogP contribution in [0.3, 0.4) is 0 Å². The number of ether oxygens (including phenoxy) is 1. The van der Waals surface area contributed by atoms with E-state index in [9.17, 15) is 33.2 Å². The topological polar surface area (TPSA) is 139 Å². The van der Waals surface area contributed by atoms with E-state index in [-0.39, 0.29) is 39.7 Å². The van der Waals surface area contributed by atoms with Crippen LogP contribution in [0.5, 0.6) is 0 Å². The quantitative estimate of drug-likeness (QED) is 0.465. The second-order valence-electron chi connectivity index (χ2n) is 12.2. The van der Waals surface area contributed by atoms with Gasteiger partial charge in [0.25, 0.3) is 0 Å². The summed E-state index contributed by atoms with van der Waals surface area (Å²) in [5.41, 5.74) is -7.34. The molecule has 0 aromatic carbocycles. The zero-order valence-electron chi connectivity index (χ0n) is 23.4. The fraction of sp³-hybridized carbons (Fsp3) is 0.586. The number of rotatable bonds is 5. The van der Waals surface area contributed by atoms with Crippen molar-refractivity contribution in [3.63, 3.8) is 0 Å². The van der Waals surface area contributed by atoms with Crippen molar-refractivity contribution in [2.45, 2.75) is 67.8 Å². The van der Waals surface area contributed by atoms with Crippen molar-refractivity contribution in [2.24, 2.45) is 28.6 Å². The molecule has 3 saturated carbocycles. The first-order chi connectivity index (χ1) is 19.5. The van der Waals surface area contributed by atoms with Crippen molar-refractivity contribution >= 4 is 49.8 Å². The molecule has 13 heteroatoms. The van der Waals surface area contributed by atoms with Gasteiger partial charge in [-0.05, 0) is 62.0 Å². The molecule has 0 unspecified atom stereocenters. The van der Waals surface area contributed by atoms with E-state index in [0.29, 0.717) is 23.1 Å². The fourth-order valence-corrected chi connectivity index (χ4v) is 10.9. The second-order valence-corrected chi connectivity index (χ2v) is 16.5. The lowest BCUT2D eigenvalue weighted by Gasteiger charge is -2.63. The molecule has 0 radical (unpaired) electrons. The number of nitriles is 1. The highest BCUT2D eigenvalue weighted by atomic mass is 32.2. The molecule has 0 spiro atoms. The third-order valence-electron chi connectivity index (χ3n) is 10.1. The number of carbonyl (C=O) groups is 3. The maximum Gasteiger partial charge on any atom is 0.349 e. The largest absolute Gasteiger partial charge is 0.445 e. The van der Waals surface area contributed by atoms with E-state index in [0.717, 1.165) is 12.3 Å². The summed E-state index contributed by atoms with van der Waals surface area (Å²) in [4.78, 5) is 39.6. The highest BCUT2D eigenvalue weighted by molar-refractivity contribution is 8.14. The average Bonchev–Trinajstić information content (AvgIpc) is 3.49. The maximum absolute atomic E-state index is 17.5. The predicted octanol–water partition coefficient (Wildman–Crippen LogP) is 4.40. The third-order valence-corrected chi connectivity index (χ3v) is 13.9. The molecule has 1 heterocycles. The molecule has 4 aliphatic rings. The van der Waals surface area contributed by atoms with Gasteiger partial charge in [0.15, 0.2) is 26.9 Å². The van der Waals surface area contributed by atoms with Crippen LogP contribution in [0, 0.1) is 39.9 Å². The standard InChI is InChI=1S/C29H31F2NO7S3/c1-15-11-17-18-13-20(30)19-12-16(33)7-8-26(19,2)28(18,31)22(34)14-27(17,3)29(15,25(36)40-10-9-32)39-24(35)21-5-6-23(41-21)42(4,37)38/h5-8,12,15,17-18,20,22,34H,10-11,13-14H2,1-4H3/t15-,17+,18+,20+,22+,26+,27+,28+,29+/m1/s1. The molecule has 1 aromatic heterocycles. The third kappa shape index (κ3) is 4.12. The minimum Gasteiger partial charge on any atom is -0.445 e. The Balaban J connectivity index is 1.62. The minimum absolute atomic E-state index is 0.0276. The van der Waals surface area contributed by atoms with Gasteiger partial charge in [0.1, 0.15) is 15.3 Å². The normalized spacial score (nSPS) is 40.8. The number of nitrogens with zero attached hydrogens (tertiary/aromatic N) is 1. The monoisotopic (exact) mass is 639 g/mol. The van der Waals surface area contributed by atoms with E-state index < -0.39 is 78.8 Å². The van der Waals surface area contributed by atoms with Crippen molar-refractivity contribution in [3.05, 3.63) is 40.8 Å². The summed E-state index contributed by atoms with van der Waals surface area (Å²) in [6.45, 7) is 4.79. The highest BCUT2D eigenvalue weighted by Gasteiger charge is 2.78. The van der Waals surface area contributed by atoms with Crippen LogP contribution in [-0.4, -0.2) is 65.9 Å². The lowest BCUT2D eigenvalue weighted by atomic mass is 9.44. The Morgan fingerprint density at radius 3 is 2.57 bits per heavy atom. The van der Waals surface area contributed by atoms with E-state index in [1.807, 2.05) is 6.07 Å². The van der Waals surface area contributed by atoms with Gasteiger partial charge in [0.2, 0.25) is 5.12 Å². The number of thiophene rings is 1. The highest BCUT2D eigenvalue weighted by Crippen LogP contribution is 2.72. The van der Waals surface area contributed by atoms with Crippen molar-refractivity contribution in [2.75, 3.05) is 12.0 Å². The number of alkyl halides is 2. The number of halogens is 2. The van der Waals surface area contributed by atoms with Crippen molar-refractivity contribution < 1.29 is 41.4 Å². The molecular formula is C29H31F2NO7S3. The zero-order valence-corrected chi connectivity index (χ0v) is 25.9. The number of esters is 1. The number of thioether (sulfide) groups is 1. The van der Waals surface area contributed by atoms with Gasteiger partial charge in [-0.2, -0.15) is 5.26 Å². The smallest absolute Gasteiger partial charge is 0.349 e. The number of aliphatic hydroxyl groups excluding tert-OH is 1. The Kier molecular flexibility index (Phi) is 7.44. The molecule has 0 amide bonds. The first-order valence-electron chi connectivity index (χ1n) is 13.5. The number of ketones is 1. The van der Waals surface area contributed by atoms with Crippen LogP contribution in [-0.2, 0) is 24.2 Å². The van der Waals surface area contributed by atoms with Gasteiger partial charge in [-0.25, -0.2) is 22.0 Å². The van der Waals surface area contributed by atoms with Gasteiger partial charge >= 0.3 is 5.97 Å². The van der Waals surface area contributed by atoms with E-state index in [1.165, 1.54) is 31.2 Å². The van der Waals surface area contributed by atoms with Crippen molar-refractivity contribution in [1.82, 2.24) is 0 Å². The summed E-state index contributed by atoms with van der Waals surface area (Å²) in [7, 11) is -3.62. The van der Waals surface area contributed by atoms with Crippen LogP contribution in [0.2, 0.25) is 0 Å². The lowest BCUT2D eigenvalue weighted by molar-refractivity contribution is -0.221. The first kappa shape index (κ1) is 31.0. The molecule has 0 bridgehead atoms. The number of hydrogen-bond acceptors (Lipinski definition) is 10. The van der Waals surface area contributed by atoms with Gasteiger partial charge in [-0.1, -0.05) is 31.7 Å².